The first kappa shape index (κ1) is 14.6. The SMILES string of the molecule is CC(=O)Nc1nnc(S(=O)(=O)Nc2ncccc2Cl)s1. The predicted molar refractivity (Wildman–Crippen MR) is 74.3 cm³/mol. The molecule has 20 heavy (non-hydrogen) atoms. The van der Waals surface area contributed by atoms with Gasteiger partial charge in [0.1, 0.15) is 0 Å². The van der Waals surface area contributed by atoms with Crippen molar-refractivity contribution in [1.82, 2.24) is 15.2 Å². The first-order chi connectivity index (χ1) is 9.38. The number of carbonyl (C=O) groups excluding carboxylic acids is 1. The molecule has 2 N–H and O–H groups in total. The fourth-order valence-corrected chi connectivity index (χ4v) is 3.35. The molecular weight excluding hydrogens is 326 g/mol. The number of pyridine rings is 1. The molecule has 0 bridgehead atoms. The minimum absolute atomic E-state index is 0.00885. The van der Waals surface area contributed by atoms with E-state index in [1.807, 2.05) is 0 Å². The molecule has 0 aromatic carbocycles. The van der Waals surface area contributed by atoms with Crippen LogP contribution in [0, 0.1) is 0 Å². The van der Waals surface area contributed by atoms with Crippen molar-refractivity contribution in [3.05, 3.63) is 23.4 Å². The third-order valence-corrected chi connectivity index (χ3v) is 4.76. The van der Waals surface area contributed by atoms with Crippen molar-refractivity contribution in [2.24, 2.45) is 0 Å². The lowest BCUT2D eigenvalue weighted by Crippen LogP contribution is -2.14. The van der Waals surface area contributed by atoms with Crippen molar-refractivity contribution < 1.29 is 13.2 Å². The first-order valence-electron chi connectivity index (χ1n) is 5.13. The second-order valence-electron chi connectivity index (χ2n) is 3.49. The fraction of sp³-hybridized carbons (Fsp3) is 0.111. The van der Waals surface area contributed by atoms with E-state index in [1.165, 1.54) is 19.2 Å². The fourth-order valence-electron chi connectivity index (χ4n) is 1.15. The number of sulfonamides is 1. The summed E-state index contributed by atoms with van der Waals surface area (Å²) in [5.74, 6) is -0.378. The number of hydrogen-bond donors (Lipinski definition) is 2. The summed E-state index contributed by atoms with van der Waals surface area (Å²) in [6.45, 7) is 1.28. The number of rotatable bonds is 4. The number of nitrogens with one attached hydrogen (secondary N) is 2. The molecule has 11 heteroatoms. The quantitative estimate of drug-likeness (QED) is 0.816. The van der Waals surface area contributed by atoms with Gasteiger partial charge in [0.05, 0.1) is 5.02 Å². The molecule has 1 amide bonds. The van der Waals surface area contributed by atoms with Gasteiger partial charge in [-0.15, -0.1) is 10.2 Å². The standard InChI is InChI=1S/C9H8ClN5O3S2/c1-5(16)12-8-13-14-9(19-8)20(17,18)15-7-6(10)3-2-4-11-7/h2-4H,1H3,(H,11,15)(H,12,13,16). The Bertz CT molecular complexity index is 746. The Labute approximate surface area is 123 Å². The molecule has 0 radical (unpaired) electrons. The molecule has 0 aliphatic heterocycles. The Morgan fingerprint density at radius 3 is 2.80 bits per heavy atom. The number of aromatic nitrogens is 3. The van der Waals surface area contributed by atoms with Gasteiger partial charge in [-0.25, -0.2) is 4.98 Å². The maximum Gasteiger partial charge on any atom is 0.292 e. The number of carbonyl (C=O) groups is 1. The van der Waals surface area contributed by atoms with Crippen molar-refractivity contribution in [2.75, 3.05) is 10.0 Å². The summed E-state index contributed by atoms with van der Waals surface area (Å²) in [6, 6.07) is 3.06. The largest absolute Gasteiger partial charge is 0.301 e. The van der Waals surface area contributed by atoms with Gasteiger partial charge in [0.2, 0.25) is 11.0 Å². The van der Waals surface area contributed by atoms with Crippen LogP contribution in [0.15, 0.2) is 22.7 Å². The maximum absolute atomic E-state index is 12.0. The van der Waals surface area contributed by atoms with E-state index in [1.54, 1.807) is 6.07 Å². The van der Waals surface area contributed by atoms with Crippen LogP contribution in [0.5, 0.6) is 0 Å². The highest BCUT2D eigenvalue weighted by atomic mass is 35.5. The molecule has 2 aromatic heterocycles. The van der Waals surface area contributed by atoms with Crippen LogP contribution in [0.25, 0.3) is 0 Å². The van der Waals surface area contributed by atoms with Crippen molar-refractivity contribution in [3.8, 4) is 0 Å². The molecule has 8 nitrogen and oxygen atoms in total. The molecule has 0 aliphatic rings. The number of nitrogens with zero attached hydrogens (tertiary/aromatic N) is 3. The highest BCUT2D eigenvalue weighted by molar-refractivity contribution is 7.94. The van der Waals surface area contributed by atoms with Crippen LogP contribution in [0.1, 0.15) is 6.92 Å². The van der Waals surface area contributed by atoms with Crippen molar-refractivity contribution in [1.29, 1.82) is 0 Å². The third-order valence-electron chi connectivity index (χ3n) is 1.91. The van der Waals surface area contributed by atoms with Gasteiger partial charge in [0.15, 0.2) is 5.82 Å². The minimum atomic E-state index is -3.95. The van der Waals surface area contributed by atoms with E-state index in [2.05, 4.69) is 25.2 Å². The van der Waals surface area contributed by atoms with Gasteiger partial charge in [-0.2, -0.15) is 8.42 Å². The monoisotopic (exact) mass is 333 g/mol. The highest BCUT2D eigenvalue weighted by Crippen LogP contribution is 2.24. The van der Waals surface area contributed by atoms with E-state index in [4.69, 9.17) is 11.6 Å². The average Bonchev–Trinajstić information content (AvgIpc) is 2.80. The second kappa shape index (κ2) is 5.69. The topological polar surface area (TPSA) is 114 Å². The molecular formula is C9H8ClN5O3S2. The van der Waals surface area contributed by atoms with Gasteiger partial charge in [-0.05, 0) is 12.1 Å². The van der Waals surface area contributed by atoms with Crippen LogP contribution in [0.2, 0.25) is 5.02 Å². The summed E-state index contributed by atoms with van der Waals surface area (Å²) >= 11 is 6.53. The van der Waals surface area contributed by atoms with Gasteiger partial charge in [0.25, 0.3) is 14.4 Å². The van der Waals surface area contributed by atoms with Crippen molar-refractivity contribution in [2.45, 2.75) is 11.3 Å². The van der Waals surface area contributed by atoms with Crippen molar-refractivity contribution >= 4 is 49.8 Å². The summed E-state index contributed by atoms with van der Waals surface area (Å²) < 4.78 is 26.0. The van der Waals surface area contributed by atoms with Crippen LogP contribution in [0.3, 0.4) is 0 Å². The molecule has 0 fully saturated rings. The van der Waals surface area contributed by atoms with E-state index < -0.39 is 10.0 Å². The zero-order valence-corrected chi connectivity index (χ0v) is 12.4. The molecule has 0 aliphatic carbocycles. The summed E-state index contributed by atoms with van der Waals surface area (Å²) in [6.07, 6.45) is 1.40. The number of halogens is 1. The van der Waals surface area contributed by atoms with E-state index in [-0.39, 0.29) is 26.2 Å². The molecule has 0 saturated carbocycles. The number of anilines is 2. The molecule has 0 spiro atoms. The zero-order valence-electron chi connectivity index (χ0n) is 9.99. The van der Waals surface area contributed by atoms with Gasteiger partial charge in [0, 0.05) is 13.1 Å². The van der Waals surface area contributed by atoms with Gasteiger partial charge >= 0.3 is 0 Å². The van der Waals surface area contributed by atoms with E-state index in [0.29, 0.717) is 0 Å². The van der Waals surface area contributed by atoms with Gasteiger partial charge in [-0.1, -0.05) is 22.9 Å². The Hall–Kier alpha value is -1.78. The van der Waals surface area contributed by atoms with Crippen LogP contribution in [-0.4, -0.2) is 29.5 Å². The Kier molecular flexibility index (Phi) is 4.16. The minimum Gasteiger partial charge on any atom is -0.301 e. The summed E-state index contributed by atoms with van der Waals surface area (Å²) in [7, 11) is -3.95. The highest BCUT2D eigenvalue weighted by Gasteiger charge is 2.22. The van der Waals surface area contributed by atoms with Crippen molar-refractivity contribution in [3.63, 3.8) is 0 Å². The molecule has 0 saturated heterocycles. The normalized spacial score (nSPS) is 11.1. The maximum atomic E-state index is 12.0. The molecule has 0 atom stereocenters. The second-order valence-corrected chi connectivity index (χ2v) is 6.73. The van der Waals surface area contributed by atoms with Crippen LogP contribution < -0.4 is 10.0 Å². The number of amides is 1. The summed E-state index contributed by atoms with van der Waals surface area (Å²) in [5, 5.41) is 9.64. The molecule has 2 aromatic rings. The molecule has 2 rings (SSSR count). The van der Waals surface area contributed by atoms with Gasteiger partial charge < -0.3 is 5.32 Å². The van der Waals surface area contributed by atoms with Crippen LogP contribution in [-0.2, 0) is 14.8 Å². The van der Waals surface area contributed by atoms with Crippen LogP contribution in [0.4, 0.5) is 10.9 Å². The van der Waals surface area contributed by atoms with Crippen LogP contribution >= 0.6 is 22.9 Å². The summed E-state index contributed by atoms with van der Waals surface area (Å²) in [4.78, 5) is 14.7. The summed E-state index contributed by atoms with van der Waals surface area (Å²) in [5.41, 5.74) is 0. The Morgan fingerprint density at radius 2 is 2.15 bits per heavy atom. The Morgan fingerprint density at radius 1 is 1.40 bits per heavy atom. The van der Waals surface area contributed by atoms with E-state index in [9.17, 15) is 13.2 Å². The number of hydrogen-bond acceptors (Lipinski definition) is 7. The predicted octanol–water partition coefficient (Wildman–Crippen LogP) is 1.35. The smallest absolute Gasteiger partial charge is 0.292 e. The van der Waals surface area contributed by atoms with E-state index in [0.717, 1.165) is 11.3 Å². The zero-order chi connectivity index (χ0) is 14.8. The third kappa shape index (κ3) is 3.40. The molecule has 0 unspecified atom stereocenters. The van der Waals surface area contributed by atoms with Gasteiger partial charge in [-0.3, -0.25) is 9.52 Å². The average molecular weight is 334 g/mol. The lowest BCUT2D eigenvalue weighted by Gasteiger charge is -2.04. The molecule has 2 heterocycles. The first-order valence-corrected chi connectivity index (χ1v) is 7.80. The molecule has 106 valence electrons. The lowest BCUT2D eigenvalue weighted by molar-refractivity contribution is -0.114. The van der Waals surface area contributed by atoms with E-state index >= 15 is 0 Å². The Balaban J connectivity index is 2.25. The lowest BCUT2D eigenvalue weighted by atomic mass is 10.5.